The maximum Gasteiger partial charge on any atom is 0.490 e. The van der Waals surface area contributed by atoms with Gasteiger partial charge >= 0.3 is 30.3 Å². The molecule has 4 aliphatic rings. The van der Waals surface area contributed by atoms with Crippen molar-refractivity contribution in [2.24, 2.45) is 17.6 Å². The quantitative estimate of drug-likeness (QED) is 0.0113. The van der Waals surface area contributed by atoms with Crippen molar-refractivity contribution in [1.82, 2.24) is 60.5 Å². The van der Waals surface area contributed by atoms with Crippen LogP contribution in [0.15, 0.2) is 96.5 Å². The lowest BCUT2D eigenvalue weighted by molar-refractivity contribution is -0.192. The summed E-state index contributed by atoms with van der Waals surface area (Å²) in [5, 5.41) is 41.3. The minimum atomic E-state index is -5.08. The van der Waals surface area contributed by atoms with Crippen LogP contribution in [0.4, 0.5) is 28.4 Å². The van der Waals surface area contributed by atoms with Crippen LogP contribution >= 0.6 is 0 Å². The number of allylic oxidation sites excluding steroid dienone is 3. The van der Waals surface area contributed by atoms with Gasteiger partial charge in [-0.25, -0.2) is 28.8 Å². The largest absolute Gasteiger partial charge is 0.490 e. The lowest BCUT2D eigenvalue weighted by Gasteiger charge is -2.31. The Kier molecular flexibility index (Phi) is 44.0. The average Bonchev–Trinajstić information content (AvgIpc) is 1.69. The highest BCUT2D eigenvalue weighted by atomic mass is 19.4. The number of nitrogens with zero attached hydrogens (tertiary/aromatic N) is 8. The predicted molar refractivity (Wildman–Crippen MR) is 463 cm³/mol. The van der Waals surface area contributed by atoms with Gasteiger partial charge in [0.05, 0.1) is 154 Å². The van der Waals surface area contributed by atoms with Gasteiger partial charge in [-0.15, -0.1) is 5.10 Å². The number of cyclic esters (lactones) is 1. The molecule has 9 amide bonds. The number of alkyl halides is 3. The molecule has 43 heteroatoms. The zero-order valence-corrected chi connectivity index (χ0v) is 74.2. The summed E-state index contributed by atoms with van der Waals surface area (Å²) in [4.78, 5) is 161. The lowest BCUT2D eigenvalue weighted by Crippen LogP contribution is -2.53. The number of anilines is 1. The molecule has 1 aliphatic carbocycles. The van der Waals surface area contributed by atoms with E-state index >= 15 is 0 Å². The Bertz CT molecular complexity index is 4740. The number of amides is 9. The van der Waals surface area contributed by atoms with Crippen LogP contribution in [0, 0.1) is 11.8 Å². The van der Waals surface area contributed by atoms with Gasteiger partial charge in [0.25, 0.3) is 17.4 Å². The summed E-state index contributed by atoms with van der Waals surface area (Å²) in [6.07, 6.45) is 8.36. The maximum atomic E-state index is 13.9. The number of carbonyl (C=O) groups excluding carboxylic acids is 10. The van der Waals surface area contributed by atoms with E-state index < -0.39 is 84.8 Å². The van der Waals surface area contributed by atoms with Crippen molar-refractivity contribution in [1.29, 1.82) is 0 Å². The highest BCUT2D eigenvalue weighted by molar-refractivity contribution is 6.13. The molecule has 0 saturated heterocycles. The summed E-state index contributed by atoms with van der Waals surface area (Å²) in [7, 11) is 3.06. The summed E-state index contributed by atoms with van der Waals surface area (Å²) in [6, 6.07) is 11.2. The Morgan fingerprint density at radius 2 is 1.30 bits per heavy atom. The highest BCUT2D eigenvalue weighted by Gasteiger charge is 2.46. The van der Waals surface area contributed by atoms with E-state index in [1.807, 2.05) is 6.92 Å². The Balaban J connectivity index is 0.00000290. The molecule has 40 nitrogen and oxygen atoms in total. The van der Waals surface area contributed by atoms with Crippen molar-refractivity contribution in [3.8, 4) is 17.1 Å². The Labute approximate surface area is 754 Å². The van der Waals surface area contributed by atoms with E-state index in [9.17, 15) is 71.0 Å². The van der Waals surface area contributed by atoms with Gasteiger partial charge in [-0.05, 0) is 131 Å². The number of halogens is 3. The van der Waals surface area contributed by atoms with Crippen LogP contribution in [0.1, 0.15) is 112 Å². The molecule has 3 aliphatic heterocycles. The van der Waals surface area contributed by atoms with Gasteiger partial charge in [0, 0.05) is 80.5 Å². The second kappa shape index (κ2) is 55.0. The third-order valence-corrected chi connectivity index (χ3v) is 21.4. The van der Waals surface area contributed by atoms with Crippen LogP contribution in [0.2, 0.25) is 0 Å². The topological polar surface area (TPSA) is 500 Å². The van der Waals surface area contributed by atoms with Crippen molar-refractivity contribution in [2.75, 3.05) is 171 Å². The summed E-state index contributed by atoms with van der Waals surface area (Å²) < 4.78 is 101. The van der Waals surface area contributed by atoms with E-state index in [1.54, 1.807) is 89.1 Å². The van der Waals surface area contributed by atoms with Crippen LogP contribution < -0.4 is 42.6 Å². The van der Waals surface area contributed by atoms with Crippen molar-refractivity contribution >= 4 is 82.1 Å². The number of pyridine rings is 2. The van der Waals surface area contributed by atoms with Crippen LogP contribution in [0.25, 0.3) is 22.3 Å². The number of aliphatic carboxylic acids is 1. The van der Waals surface area contributed by atoms with Gasteiger partial charge in [0.2, 0.25) is 29.5 Å². The van der Waals surface area contributed by atoms with Crippen molar-refractivity contribution in [3.63, 3.8) is 0 Å². The molecule has 3 aromatic heterocycles. The second-order valence-electron chi connectivity index (χ2n) is 30.8. The van der Waals surface area contributed by atoms with E-state index in [4.69, 9.17) is 77.5 Å². The van der Waals surface area contributed by atoms with Gasteiger partial charge in [0.1, 0.15) is 50.0 Å². The number of nitrogens with one attached hydrogen (secondary N) is 5. The second-order valence-corrected chi connectivity index (χ2v) is 30.8. The third kappa shape index (κ3) is 34.0. The number of benzene rings is 2. The summed E-state index contributed by atoms with van der Waals surface area (Å²) >= 11 is 0. The molecule has 131 heavy (non-hydrogen) atoms. The minimum Gasteiger partial charge on any atom is -0.475 e. The highest BCUT2D eigenvalue weighted by Crippen LogP contribution is 2.41. The number of unbranched alkanes of at least 4 members (excludes halogenated alkanes) is 1. The van der Waals surface area contributed by atoms with E-state index in [0.717, 1.165) is 29.4 Å². The molecular formula is C88H119F3N14O26. The Morgan fingerprint density at radius 3 is 1.89 bits per heavy atom. The standard InChI is InChI=1S/C86H118N14O24.C2HF3O2/c1-6-9-10-11-14-71(91-75(102)58-121-57-74(101)88-29-33-113-35-37-115-39-41-117-43-45-119-47-48-120-46-44-118-42-40-116-38-36-114-34-32-98-53-63(94-95-98)51-89-79(105)61-20-16-59(17-21-61)52-100-76(103)26-27-77(100)104)81(107)93-72(15-12-13-28-87)80(106)90-62-22-18-60(19-23-62)55-123-84(110)96(4)30-31-97(5)85(111)124-64-24-25-70-66(49-64)65(7-2)67-54-99-73(78(67)92-70)50-69-68(82(99)108)56-122-83(109)86(69,112)8-3;3-2(4,5)1(6)7/h6,9-10,18-19,22-27,49-50,53,59,61,71-72,112H,1,7-8,11-17,20-21,28-48,51-52,54-58,87H2,2-5H3,(H,88,101)(H,89,105)(H,90,106)(H,91,102)(H,93,107);(H,6,7)/b10-9-;/t59?,61?,71-,72-,86-;/m0./s1. The number of ether oxygens (including phenoxy) is 12. The first-order valence-electron chi connectivity index (χ1n) is 43.4. The lowest BCUT2D eigenvalue weighted by atomic mass is 9.81. The van der Waals surface area contributed by atoms with Gasteiger partial charge < -0.3 is 114 Å². The van der Waals surface area contributed by atoms with Crippen molar-refractivity contribution in [3.05, 3.63) is 136 Å². The number of aryl methyl sites for hydroxylation is 1. The van der Waals surface area contributed by atoms with E-state index in [-0.39, 0.29) is 130 Å². The Hall–Kier alpha value is -11.5. The number of fused-ring (bicyclic) bond motifs is 5. The van der Waals surface area contributed by atoms with E-state index in [0.29, 0.717) is 185 Å². The number of carboxylic acids is 1. The molecule has 718 valence electrons. The van der Waals surface area contributed by atoms with Gasteiger partial charge in [-0.3, -0.25) is 43.3 Å². The van der Waals surface area contributed by atoms with Gasteiger partial charge in [-0.2, -0.15) is 13.2 Å². The molecule has 3 atom stereocenters. The van der Waals surface area contributed by atoms with E-state index in [2.05, 4.69) is 43.5 Å². The number of rotatable bonds is 57. The molecule has 9 N–H and O–H groups in total. The number of esters is 1. The first-order valence-corrected chi connectivity index (χ1v) is 43.4. The molecule has 0 spiro atoms. The maximum absolute atomic E-state index is 13.9. The number of nitrogens with two attached hydrogens (primary N) is 1. The molecule has 6 heterocycles. The number of aliphatic hydroxyl groups is 1. The van der Waals surface area contributed by atoms with Crippen LogP contribution in [-0.4, -0.2) is 299 Å². The normalized spacial score (nSPS) is 16.0. The van der Waals surface area contributed by atoms with Gasteiger partial charge in [-0.1, -0.05) is 56.0 Å². The zero-order chi connectivity index (χ0) is 94.7. The third-order valence-electron chi connectivity index (χ3n) is 21.4. The fourth-order valence-corrected chi connectivity index (χ4v) is 14.1. The fourth-order valence-electron chi connectivity index (χ4n) is 14.1. The van der Waals surface area contributed by atoms with Crippen molar-refractivity contribution in [2.45, 2.75) is 141 Å². The molecule has 5 aromatic rings. The van der Waals surface area contributed by atoms with E-state index in [1.165, 1.54) is 40.9 Å². The SMILES string of the molecule is C=C/C=C\CC[C@H](NC(=O)COCC(=O)NCCOCCOCCOCCOCCOCCOCCOCCOCCn1cc(CNC(=O)C2CCC(CN3C(=O)C=CC3=O)CC2)nn1)C(=O)N[C@@H](CCCCN)C(=O)Nc1ccc(COC(=O)N(C)CCN(C)C(=O)Oc2ccc3nc4c(c(CC)c3c2)Cn2c-4cc3c(c2=O)COC(=O)[C@]3(O)CC)cc1.O=C(O)C(F)(F)F. The molecule has 9 rings (SSSR count). The van der Waals surface area contributed by atoms with Crippen LogP contribution in [0.3, 0.4) is 0 Å². The molecule has 0 unspecified atom stereocenters. The number of imide groups is 1. The molecule has 1 saturated carbocycles. The number of hydrogen-bond donors (Lipinski definition) is 8. The number of likely N-dealkylation sites (N-methyl/N-ethyl adjacent to an activating group) is 2. The molecule has 2 aromatic carbocycles. The van der Waals surface area contributed by atoms with Crippen LogP contribution in [-0.2, 0) is 140 Å². The molecule has 1 fully saturated rings. The fraction of sp³-hybridized carbons (Fsp3) is 0.557. The summed E-state index contributed by atoms with van der Waals surface area (Å²) in [5.41, 5.74) is 8.86. The van der Waals surface area contributed by atoms with Crippen molar-refractivity contribution < 1.29 is 133 Å². The van der Waals surface area contributed by atoms with Gasteiger partial charge in [0.15, 0.2) is 5.60 Å². The summed E-state index contributed by atoms with van der Waals surface area (Å²) in [6.45, 7) is 14.0. The average molecular weight is 1850 g/mol. The predicted octanol–water partition coefficient (Wildman–Crippen LogP) is 4.44. The Morgan fingerprint density at radius 1 is 0.710 bits per heavy atom. The number of aromatic nitrogens is 5. The zero-order valence-electron chi connectivity index (χ0n) is 74.2. The molecule has 0 radical (unpaired) electrons. The molecule has 0 bridgehead atoms. The molecular weight excluding hydrogens is 1730 g/mol. The first kappa shape index (κ1) is 105. The number of carbonyl (C=O) groups is 11. The smallest absolute Gasteiger partial charge is 0.475 e. The van der Waals surface area contributed by atoms with Crippen LogP contribution in [0.5, 0.6) is 5.75 Å². The summed E-state index contributed by atoms with van der Waals surface area (Å²) in [5.74, 6) is -6.09. The number of hydrogen-bond acceptors (Lipinski definition) is 29. The number of carboxylic acid groups (broad SMARTS) is 1. The minimum absolute atomic E-state index is 0.0193. The monoisotopic (exact) mass is 1840 g/mol. The first-order chi connectivity index (χ1) is 63.0.